The summed E-state index contributed by atoms with van der Waals surface area (Å²) >= 11 is 0. The van der Waals surface area contributed by atoms with Crippen molar-refractivity contribution in [2.24, 2.45) is 0 Å². The van der Waals surface area contributed by atoms with Crippen LogP contribution >= 0.6 is 0 Å². The van der Waals surface area contributed by atoms with Gasteiger partial charge in [0.05, 0.1) is 17.0 Å². The average molecular weight is 447 g/mol. The number of nitrogens with one attached hydrogen (secondary N) is 1. The van der Waals surface area contributed by atoms with E-state index in [1.165, 1.54) is 18.3 Å². The van der Waals surface area contributed by atoms with Gasteiger partial charge >= 0.3 is 6.03 Å². The van der Waals surface area contributed by atoms with Gasteiger partial charge in [0.15, 0.2) is 9.84 Å². The molecule has 1 aliphatic heterocycles. The zero-order valence-corrected chi connectivity index (χ0v) is 18.7. The van der Waals surface area contributed by atoms with E-state index in [0.29, 0.717) is 12.4 Å². The maximum absolute atomic E-state index is 13.9. The number of carbonyl (C=O) groups excluding carboxylic acids is 1. The zero-order chi connectivity index (χ0) is 22.4. The third-order valence-electron chi connectivity index (χ3n) is 6.76. The Balaban J connectivity index is 1.54. The molecule has 31 heavy (non-hydrogen) atoms. The van der Waals surface area contributed by atoms with Crippen molar-refractivity contribution in [3.8, 4) is 0 Å². The monoisotopic (exact) mass is 446 g/mol. The Bertz CT molecular complexity index is 1090. The first-order valence-electron chi connectivity index (χ1n) is 10.2. The van der Waals surface area contributed by atoms with Gasteiger partial charge < -0.3 is 5.32 Å². The Morgan fingerprint density at radius 1 is 1.13 bits per heavy atom. The van der Waals surface area contributed by atoms with Gasteiger partial charge in [-0.25, -0.2) is 22.6 Å². The number of benzene rings is 1. The molecule has 0 radical (unpaired) electrons. The minimum atomic E-state index is -3.35. The molecule has 166 valence electrons. The summed E-state index contributed by atoms with van der Waals surface area (Å²) in [5.41, 5.74) is 0.272. The van der Waals surface area contributed by atoms with E-state index in [0.717, 1.165) is 37.5 Å². The van der Waals surface area contributed by atoms with Crippen LogP contribution in [0.15, 0.2) is 47.5 Å². The highest BCUT2D eigenvalue weighted by Crippen LogP contribution is 2.46. The molecule has 1 N–H and O–H groups in total. The fraction of sp³-hybridized carbons (Fsp3) is 0.455. The highest BCUT2D eigenvalue weighted by atomic mass is 32.2. The standard InChI is InChI=1S/C22H27FN4O3S/c1-26(2)22(16-5-4-6-17(23)13-16)11-9-21(10-12-22)15-27(20(28)25-21)19-8-7-18(14-24-19)31(3,29)30/h4-8,13-14H,9-12,15H2,1-3H3,(H,25,28)/t21-,22-. The Kier molecular flexibility index (Phi) is 5.29. The summed E-state index contributed by atoms with van der Waals surface area (Å²) in [5.74, 6) is 0.180. The molecule has 1 saturated heterocycles. The van der Waals surface area contributed by atoms with Gasteiger partial charge in [0, 0.05) is 18.0 Å². The molecule has 4 rings (SSSR count). The largest absolute Gasteiger partial charge is 0.330 e. The number of nitrogens with zero attached hydrogens (tertiary/aromatic N) is 3. The lowest BCUT2D eigenvalue weighted by atomic mass is 9.69. The lowest BCUT2D eigenvalue weighted by molar-refractivity contribution is 0.0655. The lowest BCUT2D eigenvalue weighted by Gasteiger charge is -2.48. The van der Waals surface area contributed by atoms with Gasteiger partial charge in [-0.2, -0.15) is 0 Å². The van der Waals surface area contributed by atoms with Crippen LogP contribution in [0.3, 0.4) is 0 Å². The maximum atomic E-state index is 13.9. The molecule has 9 heteroatoms. The van der Waals surface area contributed by atoms with Crippen LogP contribution in [0.4, 0.5) is 15.0 Å². The highest BCUT2D eigenvalue weighted by Gasteiger charge is 2.50. The van der Waals surface area contributed by atoms with Gasteiger partial charge in [-0.05, 0) is 69.6 Å². The molecular formula is C22H27FN4O3S. The van der Waals surface area contributed by atoms with Crippen LogP contribution in [0.1, 0.15) is 31.2 Å². The van der Waals surface area contributed by atoms with Gasteiger partial charge in [0.2, 0.25) is 0 Å². The van der Waals surface area contributed by atoms with E-state index in [-0.39, 0.29) is 27.8 Å². The smallest absolute Gasteiger partial charge is 0.323 e. The van der Waals surface area contributed by atoms with Gasteiger partial charge in [0.1, 0.15) is 11.6 Å². The number of hydrogen-bond donors (Lipinski definition) is 1. The van der Waals surface area contributed by atoms with Crippen molar-refractivity contribution in [2.75, 3.05) is 31.8 Å². The maximum Gasteiger partial charge on any atom is 0.323 e. The van der Waals surface area contributed by atoms with E-state index < -0.39 is 9.84 Å². The predicted octanol–water partition coefficient (Wildman–Crippen LogP) is 2.92. The summed E-state index contributed by atoms with van der Waals surface area (Å²) in [6.45, 7) is 0.462. The fourth-order valence-electron chi connectivity index (χ4n) is 4.84. The van der Waals surface area contributed by atoms with E-state index in [2.05, 4.69) is 15.2 Å². The molecule has 2 heterocycles. The van der Waals surface area contributed by atoms with Crippen molar-refractivity contribution in [3.05, 3.63) is 54.0 Å². The quantitative estimate of drug-likeness (QED) is 0.781. The number of amides is 2. The molecular weight excluding hydrogens is 419 g/mol. The minimum absolute atomic E-state index is 0.120. The molecule has 1 aromatic carbocycles. The Morgan fingerprint density at radius 2 is 1.84 bits per heavy atom. The molecule has 1 spiro atoms. The zero-order valence-electron chi connectivity index (χ0n) is 17.9. The molecule has 1 aromatic heterocycles. The van der Waals surface area contributed by atoms with Crippen molar-refractivity contribution >= 4 is 21.7 Å². The topological polar surface area (TPSA) is 82.6 Å². The van der Waals surface area contributed by atoms with Crippen molar-refractivity contribution < 1.29 is 17.6 Å². The number of pyridine rings is 1. The van der Waals surface area contributed by atoms with Crippen LogP contribution in [-0.4, -0.2) is 56.8 Å². The first kappa shape index (κ1) is 21.7. The molecule has 2 fully saturated rings. The predicted molar refractivity (Wildman–Crippen MR) is 116 cm³/mol. The number of anilines is 1. The number of aromatic nitrogens is 1. The van der Waals surface area contributed by atoms with Crippen molar-refractivity contribution in [1.82, 2.24) is 15.2 Å². The fourth-order valence-corrected chi connectivity index (χ4v) is 5.40. The third-order valence-corrected chi connectivity index (χ3v) is 7.85. The molecule has 7 nitrogen and oxygen atoms in total. The van der Waals surface area contributed by atoms with E-state index in [1.54, 1.807) is 23.1 Å². The molecule has 2 amide bonds. The van der Waals surface area contributed by atoms with E-state index >= 15 is 0 Å². The van der Waals surface area contributed by atoms with Crippen LogP contribution in [0.25, 0.3) is 0 Å². The van der Waals surface area contributed by atoms with Gasteiger partial charge in [-0.3, -0.25) is 9.80 Å². The van der Waals surface area contributed by atoms with Crippen LogP contribution in [0.2, 0.25) is 0 Å². The highest BCUT2D eigenvalue weighted by molar-refractivity contribution is 7.90. The second kappa shape index (κ2) is 7.56. The number of rotatable bonds is 4. The van der Waals surface area contributed by atoms with Crippen molar-refractivity contribution in [1.29, 1.82) is 0 Å². The van der Waals surface area contributed by atoms with Gasteiger partial charge in [-0.1, -0.05) is 12.1 Å². The summed E-state index contributed by atoms with van der Waals surface area (Å²) in [7, 11) is 0.672. The van der Waals surface area contributed by atoms with Gasteiger partial charge in [0.25, 0.3) is 0 Å². The number of hydrogen-bond acceptors (Lipinski definition) is 5. The number of urea groups is 1. The molecule has 0 bridgehead atoms. The summed E-state index contributed by atoms with van der Waals surface area (Å²) in [4.78, 5) is 20.8. The second-order valence-electron chi connectivity index (χ2n) is 8.86. The lowest BCUT2D eigenvalue weighted by Crippen LogP contribution is -2.54. The van der Waals surface area contributed by atoms with Gasteiger partial charge in [-0.15, -0.1) is 0 Å². The molecule has 2 aromatic rings. The summed E-state index contributed by atoms with van der Waals surface area (Å²) < 4.78 is 37.2. The first-order chi connectivity index (χ1) is 14.5. The molecule has 1 saturated carbocycles. The SMILES string of the molecule is CN(C)[C@]1(c2cccc(F)c2)CC[C@@]2(CC1)CN(c1ccc(S(C)(=O)=O)cn1)C(=O)N2. The van der Waals surface area contributed by atoms with E-state index in [9.17, 15) is 17.6 Å². The van der Waals surface area contributed by atoms with Crippen LogP contribution in [-0.2, 0) is 15.4 Å². The van der Waals surface area contributed by atoms with E-state index in [1.807, 2.05) is 20.2 Å². The van der Waals surface area contributed by atoms with Crippen LogP contribution in [0.5, 0.6) is 0 Å². The van der Waals surface area contributed by atoms with Crippen molar-refractivity contribution in [3.63, 3.8) is 0 Å². The second-order valence-corrected chi connectivity index (χ2v) is 10.9. The number of halogens is 1. The number of sulfone groups is 1. The Hall–Kier alpha value is -2.52. The summed E-state index contributed by atoms with van der Waals surface area (Å²) in [5, 5.41) is 3.14. The van der Waals surface area contributed by atoms with Crippen LogP contribution < -0.4 is 10.2 Å². The minimum Gasteiger partial charge on any atom is -0.330 e. The first-order valence-corrected chi connectivity index (χ1v) is 12.1. The Labute approximate surface area is 182 Å². The van der Waals surface area contributed by atoms with Crippen molar-refractivity contribution in [2.45, 2.75) is 41.7 Å². The third kappa shape index (κ3) is 3.92. The summed E-state index contributed by atoms with van der Waals surface area (Å²) in [6.07, 6.45) is 5.44. The molecule has 1 aliphatic carbocycles. The normalized spacial score (nSPS) is 26.5. The summed E-state index contributed by atoms with van der Waals surface area (Å²) in [6, 6.07) is 9.56. The average Bonchev–Trinajstić information content (AvgIpc) is 3.04. The van der Waals surface area contributed by atoms with Crippen LogP contribution in [0, 0.1) is 5.82 Å². The number of carbonyl (C=O) groups is 1. The molecule has 2 aliphatic rings. The molecule has 0 atom stereocenters. The van der Waals surface area contributed by atoms with E-state index in [4.69, 9.17) is 0 Å². The Morgan fingerprint density at radius 3 is 2.39 bits per heavy atom. The molecule has 0 unspecified atom stereocenters.